The van der Waals surface area contributed by atoms with Crippen molar-refractivity contribution in [3.05, 3.63) is 191 Å². The van der Waals surface area contributed by atoms with Crippen LogP contribution in [0.5, 0.6) is 23.0 Å². The van der Waals surface area contributed by atoms with Crippen molar-refractivity contribution in [2.45, 2.75) is 90.6 Å². The van der Waals surface area contributed by atoms with Crippen LogP contribution in [0.4, 0.5) is 0 Å². The Morgan fingerprint density at radius 2 is 0.677 bits per heavy atom. The van der Waals surface area contributed by atoms with Crippen LogP contribution in [0.15, 0.2) is 158 Å². The van der Waals surface area contributed by atoms with E-state index in [-0.39, 0.29) is 5.97 Å². The third-order valence-electron chi connectivity index (χ3n) is 10.3. The highest BCUT2D eigenvalue weighted by Gasteiger charge is 2.21. The number of rotatable bonds is 27. The molecule has 6 rings (SSSR count). The molecule has 0 aliphatic heterocycles. The van der Waals surface area contributed by atoms with E-state index in [1.807, 2.05) is 121 Å². The van der Waals surface area contributed by atoms with Crippen LogP contribution in [0.1, 0.15) is 107 Å². The van der Waals surface area contributed by atoms with Gasteiger partial charge in [0.2, 0.25) is 5.75 Å². The van der Waals surface area contributed by atoms with E-state index >= 15 is 0 Å². The summed E-state index contributed by atoms with van der Waals surface area (Å²) in [5.74, 6) is 1.24. The first-order chi connectivity index (χ1) is 30.6. The van der Waals surface area contributed by atoms with Crippen molar-refractivity contribution in [1.29, 1.82) is 0 Å². The summed E-state index contributed by atoms with van der Waals surface area (Å²) in [6, 6.07) is 50.1. The molecule has 8 heteroatoms. The second kappa shape index (κ2) is 25.9. The van der Waals surface area contributed by atoms with Crippen LogP contribution in [0.2, 0.25) is 0 Å². The second-order valence-electron chi connectivity index (χ2n) is 15.2. The van der Waals surface area contributed by atoms with Crippen molar-refractivity contribution in [3.63, 3.8) is 0 Å². The monoisotopic (exact) mass is 834 g/mol. The van der Waals surface area contributed by atoms with Gasteiger partial charge in [-0.2, -0.15) is 0 Å². The molecule has 8 nitrogen and oxygen atoms in total. The number of carbonyl (C=O) groups is 2. The molecule has 6 aromatic rings. The van der Waals surface area contributed by atoms with E-state index in [4.69, 9.17) is 28.4 Å². The number of benzene rings is 6. The van der Waals surface area contributed by atoms with Crippen molar-refractivity contribution in [1.82, 2.24) is 0 Å². The SMILES string of the molecule is O=C(OCCCCCCCCCCCCOC(=O)c1cc(OCc2ccccc2)c(OCc2ccccc2)c(OCc2ccccc2)c1)c1ccc(OCc2ccccc2)cc1. The van der Waals surface area contributed by atoms with Crippen molar-refractivity contribution < 1.29 is 38.0 Å². The summed E-state index contributed by atoms with van der Waals surface area (Å²) in [6.07, 6.45) is 10.6. The Morgan fingerprint density at radius 1 is 0.339 bits per heavy atom. The maximum absolute atomic E-state index is 13.5. The molecule has 0 unspecified atom stereocenters. The van der Waals surface area contributed by atoms with Gasteiger partial charge in [0.1, 0.15) is 32.2 Å². The molecule has 0 amide bonds. The number of carbonyl (C=O) groups excluding carboxylic acids is 2. The Kier molecular flexibility index (Phi) is 18.8. The molecule has 0 aliphatic rings. The van der Waals surface area contributed by atoms with Gasteiger partial charge in [-0.3, -0.25) is 0 Å². The molecule has 0 spiro atoms. The number of unbranched alkanes of at least 4 members (excludes halogenated alkanes) is 9. The zero-order chi connectivity index (χ0) is 42.9. The van der Waals surface area contributed by atoms with E-state index in [1.54, 1.807) is 36.4 Å². The molecule has 322 valence electrons. The third-order valence-corrected chi connectivity index (χ3v) is 10.3. The third kappa shape index (κ3) is 15.8. The van der Waals surface area contributed by atoms with Crippen molar-refractivity contribution in [2.75, 3.05) is 13.2 Å². The lowest BCUT2D eigenvalue weighted by Crippen LogP contribution is -2.10. The fourth-order valence-electron chi connectivity index (χ4n) is 6.79. The Morgan fingerprint density at radius 3 is 1.08 bits per heavy atom. The fourth-order valence-corrected chi connectivity index (χ4v) is 6.79. The van der Waals surface area contributed by atoms with E-state index in [2.05, 4.69) is 0 Å². The first-order valence-corrected chi connectivity index (χ1v) is 21.9. The fraction of sp³-hybridized carbons (Fsp3) is 0.296. The zero-order valence-electron chi connectivity index (χ0n) is 35.6. The molecule has 0 N–H and O–H groups in total. The van der Waals surface area contributed by atoms with Gasteiger partial charge in [0.15, 0.2) is 11.5 Å². The van der Waals surface area contributed by atoms with Gasteiger partial charge in [-0.25, -0.2) is 9.59 Å². The zero-order valence-corrected chi connectivity index (χ0v) is 35.6. The Balaban J connectivity index is 0.875. The molecule has 0 bridgehead atoms. The summed E-state index contributed by atoms with van der Waals surface area (Å²) in [7, 11) is 0. The summed E-state index contributed by atoms with van der Waals surface area (Å²) in [5.41, 5.74) is 4.94. The minimum atomic E-state index is -0.428. The second-order valence-corrected chi connectivity index (χ2v) is 15.2. The highest BCUT2D eigenvalue weighted by molar-refractivity contribution is 5.91. The molecule has 0 saturated carbocycles. The smallest absolute Gasteiger partial charge is 0.338 e. The molecule has 0 aromatic heterocycles. The van der Waals surface area contributed by atoms with Gasteiger partial charge in [-0.1, -0.05) is 173 Å². The van der Waals surface area contributed by atoms with Crippen LogP contribution in [0.25, 0.3) is 0 Å². The molecule has 6 aromatic carbocycles. The van der Waals surface area contributed by atoms with Crippen LogP contribution in [-0.4, -0.2) is 25.2 Å². The molecular weight excluding hydrogens is 777 g/mol. The predicted molar refractivity (Wildman–Crippen MR) is 243 cm³/mol. The number of hydrogen-bond donors (Lipinski definition) is 0. The molecule has 0 radical (unpaired) electrons. The standard InChI is InChI=1S/C54H58O8/c55-53(47-31-33-49(34-32-47)59-39-43-23-13-9-14-24-43)57-35-21-7-5-3-1-2-4-6-8-22-36-58-54(56)48-37-50(60-40-44-25-15-10-16-26-44)52(62-42-46-29-19-12-20-30-46)51(38-48)61-41-45-27-17-11-18-28-45/h9-20,23-34,37-38H,1-8,21-22,35-36,39-42H2. The lowest BCUT2D eigenvalue weighted by atomic mass is 10.1. The maximum Gasteiger partial charge on any atom is 0.338 e. The minimum Gasteiger partial charge on any atom is -0.489 e. The van der Waals surface area contributed by atoms with Crippen molar-refractivity contribution >= 4 is 11.9 Å². The van der Waals surface area contributed by atoms with E-state index < -0.39 is 5.97 Å². The molecule has 62 heavy (non-hydrogen) atoms. The summed E-state index contributed by atoms with van der Waals surface area (Å²) >= 11 is 0. The van der Waals surface area contributed by atoms with E-state index in [9.17, 15) is 9.59 Å². The quantitative estimate of drug-likeness (QED) is 0.0374. The number of esters is 2. The highest BCUT2D eigenvalue weighted by atomic mass is 16.5. The Hall–Kier alpha value is -6.54. The number of hydrogen-bond acceptors (Lipinski definition) is 8. The van der Waals surface area contributed by atoms with Gasteiger partial charge >= 0.3 is 11.9 Å². The average molecular weight is 835 g/mol. The van der Waals surface area contributed by atoms with Gasteiger partial charge in [-0.05, 0) is 71.5 Å². The van der Waals surface area contributed by atoms with Crippen LogP contribution < -0.4 is 18.9 Å². The van der Waals surface area contributed by atoms with Crippen LogP contribution >= 0.6 is 0 Å². The minimum absolute atomic E-state index is 0.292. The summed E-state index contributed by atoms with van der Waals surface area (Å²) in [4.78, 5) is 25.9. The molecule has 0 atom stereocenters. The Labute approximate surface area is 366 Å². The first-order valence-electron chi connectivity index (χ1n) is 21.9. The molecule has 0 fully saturated rings. The first kappa shape index (κ1) is 45.0. The van der Waals surface area contributed by atoms with Crippen molar-refractivity contribution in [2.24, 2.45) is 0 Å². The van der Waals surface area contributed by atoms with E-state index in [0.717, 1.165) is 72.9 Å². The Bertz CT molecular complexity index is 2110. The maximum atomic E-state index is 13.5. The van der Waals surface area contributed by atoms with E-state index in [0.29, 0.717) is 68.0 Å². The molecular formula is C54H58O8. The summed E-state index contributed by atoms with van der Waals surface area (Å²) in [6.45, 7) is 2.13. The van der Waals surface area contributed by atoms with Gasteiger partial charge < -0.3 is 28.4 Å². The van der Waals surface area contributed by atoms with Gasteiger partial charge in [0, 0.05) is 0 Å². The molecule has 0 saturated heterocycles. The van der Waals surface area contributed by atoms with Crippen LogP contribution in [-0.2, 0) is 35.9 Å². The summed E-state index contributed by atoms with van der Waals surface area (Å²) < 4.78 is 36.1. The lowest BCUT2D eigenvalue weighted by Gasteiger charge is -2.19. The van der Waals surface area contributed by atoms with E-state index in [1.165, 1.54) is 19.3 Å². The normalized spacial score (nSPS) is 10.8. The van der Waals surface area contributed by atoms with Gasteiger partial charge in [0.25, 0.3) is 0 Å². The van der Waals surface area contributed by atoms with Crippen LogP contribution in [0, 0.1) is 0 Å². The molecule has 0 aliphatic carbocycles. The molecule has 0 heterocycles. The highest BCUT2D eigenvalue weighted by Crippen LogP contribution is 2.41. The van der Waals surface area contributed by atoms with Crippen LogP contribution in [0.3, 0.4) is 0 Å². The predicted octanol–water partition coefficient (Wildman–Crippen LogP) is 12.9. The summed E-state index contributed by atoms with van der Waals surface area (Å²) in [5, 5.41) is 0. The van der Waals surface area contributed by atoms with Gasteiger partial charge in [0.05, 0.1) is 24.3 Å². The number of ether oxygens (including phenoxy) is 6. The topological polar surface area (TPSA) is 89.5 Å². The van der Waals surface area contributed by atoms with Gasteiger partial charge in [-0.15, -0.1) is 0 Å². The van der Waals surface area contributed by atoms with Crippen molar-refractivity contribution in [3.8, 4) is 23.0 Å². The average Bonchev–Trinajstić information content (AvgIpc) is 3.32. The largest absolute Gasteiger partial charge is 0.489 e. The lowest BCUT2D eigenvalue weighted by molar-refractivity contribution is 0.0487.